The van der Waals surface area contributed by atoms with Gasteiger partial charge in [-0.25, -0.2) is 0 Å². The maximum absolute atomic E-state index is 11.3. The van der Waals surface area contributed by atoms with Crippen molar-refractivity contribution in [2.24, 2.45) is 5.73 Å². The predicted molar refractivity (Wildman–Crippen MR) is 75.9 cm³/mol. The number of carbonyl (C=O) groups is 2. The standard InChI is InChI=1S/C15H14N2O3/c1-9(18)13-7-6-12(8-14(13)16)20-11-4-2-10(3-5-11)15(17)19/h2-8H,16H2,1H3,(H2,17,19). The summed E-state index contributed by atoms with van der Waals surface area (Å²) in [4.78, 5) is 22.2. The highest BCUT2D eigenvalue weighted by molar-refractivity contribution is 5.99. The summed E-state index contributed by atoms with van der Waals surface area (Å²) < 4.78 is 5.59. The van der Waals surface area contributed by atoms with Crippen molar-refractivity contribution in [3.8, 4) is 11.5 Å². The van der Waals surface area contributed by atoms with Gasteiger partial charge in [-0.2, -0.15) is 0 Å². The van der Waals surface area contributed by atoms with Gasteiger partial charge in [0, 0.05) is 22.9 Å². The minimum absolute atomic E-state index is 0.0974. The maximum Gasteiger partial charge on any atom is 0.248 e. The van der Waals surface area contributed by atoms with Crippen LogP contribution in [0.25, 0.3) is 0 Å². The molecule has 0 aromatic heterocycles. The van der Waals surface area contributed by atoms with E-state index >= 15 is 0 Å². The number of benzene rings is 2. The van der Waals surface area contributed by atoms with Crippen LogP contribution in [-0.4, -0.2) is 11.7 Å². The van der Waals surface area contributed by atoms with Crippen molar-refractivity contribution < 1.29 is 14.3 Å². The third-order valence-electron chi connectivity index (χ3n) is 2.78. The molecular weight excluding hydrogens is 256 g/mol. The number of nitrogen functional groups attached to an aromatic ring is 1. The molecule has 0 fully saturated rings. The van der Waals surface area contributed by atoms with E-state index in [-0.39, 0.29) is 5.78 Å². The van der Waals surface area contributed by atoms with E-state index in [0.717, 1.165) is 0 Å². The number of Topliss-reactive ketones (excluding diaryl/α,β-unsaturated/α-hetero) is 1. The minimum atomic E-state index is -0.494. The zero-order valence-corrected chi connectivity index (χ0v) is 10.9. The number of nitrogens with two attached hydrogens (primary N) is 2. The molecular formula is C15H14N2O3. The zero-order valence-electron chi connectivity index (χ0n) is 10.9. The Kier molecular flexibility index (Phi) is 3.70. The molecule has 0 heterocycles. The molecule has 2 aromatic rings. The number of primary amides is 1. The lowest BCUT2D eigenvalue weighted by molar-refractivity contribution is 0.0996. The van der Waals surface area contributed by atoms with Crippen molar-refractivity contribution >= 4 is 17.4 Å². The molecule has 0 saturated heterocycles. The molecule has 0 unspecified atom stereocenters. The molecule has 4 N–H and O–H groups in total. The SMILES string of the molecule is CC(=O)c1ccc(Oc2ccc(C(N)=O)cc2)cc1N. The summed E-state index contributed by atoms with van der Waals surface area (Å²) in [5.41, 5.74) is 12.2. The van der Waals surface area contributed by atoms with Gasteiger partial charge in [0.05, 0.1) is 0 Å². The van der Waals surface area contributed by atoms with Crippen LogP contribution in [0.4, 0.5) is 5.69 Å². The number of hydrogen-bond donors (Lipinski definition) is 2. The molecule has 20 heavy (non-hydrogen) atoms. The van der Waals surface area contributed by atoms with Gasteiger partial charge in [0.15, 0.2) is 5.78 Å². The number of ether oxygens (including phenoxy) is 1. The molecule has 1 amide bonds. The summed E-state index contributed by atoms with van der Waals surface area (Å²) in [7, 11) is 0. The van der Waals surface area contributed by atoms with E-state index in [1.165, 1.54) is 6.92 Å². The number of ketones is 1. The first kappa shape index (κ1) is 13.6. The Morgan fingerprint density at radius 1 is 1.00 bits per heavy atom. The van der Waals surface area contributed by atoms with Crippen LogP contribution < -0.4 is 16.2 Å². The van der Waals surface area contributed by atoms with E-state index < -0.39 is 5.91 Å². The van der Waals surface area contributed by atoms with Crippen molar-refractivity contribution in [2.75, 3.05) is 5.73 Å². The number of carbonyl (C=O) groups excluding carboxylic acids is 2. The molecule has 0 bridgehead atoms. The highest BCUT2D eigenvalue weighted by Crippen LogP contribution is 2.25. The van der Waals surface area contributed by atoms with Crippen LogP contribution in [0.3, 0.4) is 0 Å². The smallest absolute Gasteiger partial charge is 0.248 e. The van der Waals surface area contributed by atoms with Crippen LogP contribution in [0.2, 0.25) is 0 Å². The summed E-state index contributed by atoms with van der Waals surface area (Å²) in [6, 6.07) is 11.3. The fourth-order valence-electron chi connectivity index (χ4n) is 1.75. The monoisotopic (exact) mass is 270 g/mol. The van der Waals surface area contributed by atoms with Gasteiger partial charge < -0.3 is 16.2 Å². The first-order valence-electron chi connectivity index (χ1n) is 5.95. The van der Waals surface area contributed by atoms with Gasteiger partial charge >= 0.3 is 0 Å². The second-order valence-electron chi connectivity index (χ2n) is 4.30. The third kappa shape index (κ3) is 2.95. The van der Waals surface area contributed by atoms with Gasteiger partial charge in [-0.15, -0.1) is 0 Å². The van der Waals surface area contributed by atoms with Crippen LogP contribution >= 0.6 is 0 Å². The van der Waals surface area contributed by atoms with Crippen LogP contribution in [0, 0.1) is 0 Å². The molecule has 5 heteroatoms. The first-order chi connectivity index (χ1) is 9.47. The van der Waals surface area contributed by atoms with Crippen molar-refractivity contribution in [2.45, 2.75) is 6.92 Å². The van der Waals surface area contributed by atoms with Crippen LogP contribution in [0.5, 0.6) is 11.5 Å². The van der Waals surface area contributed by atoms with Crippen LogP contribution in [-0.2, 0) is 0 Å². The Balaban J connectivity index is 2.19. The van der Waals surface area contributed by atoms with Gasteiger partial charge in [0.25, 0.3) is 0 Å². The van der Waals surface area contributed by atoms with Gasteiger partial charge in [0.1, 0.15) is 11.5 Å². The Bertz CT molecular complexity index is 663. The molecule has 0 aliphatic heterocycles. The lowest BCUT2D eigenvalue weighted by atomic mass is 10.1. The molecule has 0 atom stereocenters. The van der Waals surface area contributed by atoms with E-state index in [2.05, 4.69) is 0 Å². The molecule has 5 nitrogen and oxygen atoms in total. The minimum Gasteiger partial charge on any atom is -0.457 e. The molecule has 0 spiro atoms. The fraction of sp³-hybridized carbons (Fsp3) is 0.0667. The Morgan fingerprint density at radius 2 is 1.60 bits per heavy atom. The van der Waals surface area contributed by atoms with Gasteiger partial charge in [0.2, 0.25) is 5.91 Å². The zero-order chi connectivity index (χ0) is 14.7. The average Bonchev–Trinajstić information content (AvgIpc) is 2.39. The molecule has 0 aliphatic rings. The van der Waals surface area contributed by atoms with E-state index in [4.69, 9.17) is 16.2 Å². The highest BCUT2D eigenvalue weighted by atomic mass is 16.5. The van der Waals surface area contributed by atoms with E-state index in [9.17, 15) is 9.59 Å². The van der Waals surface area contributed by atoms with E-state index in [0.29, 0.717) is 28.3 Å². The van der Waals surface area contributed by atoms with Gasteiger partial charge in [-0.3, -0.25) is 9.59 Å². The second kappa shape index (κ2) is 5.44. The molecule has 102 valence electrons. The molecule has 0 saturated carbocycles. The van der Waals surface area contributed by atoms with Crippen molar-refractivity contribution in [3.05, 3.63) is 53.6 Å². The van der Waals surface area contributed by atoms with Crippen molar-refractivity contribution in [3.63, 3.8) is 0 Å². The Labute approximate surface area is 116 Å². The summed E-state index contributed by atoms with van der Waals surface area (Å²) in [5.74, 6) is 0.468. The fourth-order valence-corrected chi connectivity index (χ4v) is 1.75. The molecule has 0 aliphatic carbocycles. The molecule has 2 aromatic carbocycles. The lowest BCUT2D eigenvalue weighted by Gasteiger charge is -2.08. The average molecular weight is 270 g/mol. The lowest BCUT2D eigenvalue weighted by Crippen LogP contribution is -2.10. The molecule has 2 rings (SSSR count). The van der Waals surface area contributed by atoms with Gasteiger partial charge in [-0.05, 0) is 43.3 Å². The summed E-state index contributed by atoms with van der Waals surface area (Å²) in [5, 5.41) is 0. The summed E-state index contributed by atoms with van der Waals surface area (Å²) in [6.45, 7) is 1.45. The van der Waals surface area contributed by atoms with E-state index in [1.807, 2.05) is 0 Å². The largest absolute Gasteiger partial charge is 0.457 e. The number of amides is 1. The first-order valence-corrected chi connectivity index (χ1v) is 5.95. The quantitative estimate of drug-likeness (QED) is 0.658. The van der Waals surface area contributed by atoms with Crippen LogP contribution in [0.15, 0.2) is 42.5 Å². The van der Waals surface area contributed by atoms with Crippen molar-refractivity contribution in [1.29, 1.82) is 0 Å². The summed E-state index contributed by atoms with van der Waals surface area (Å²) in [6.07, 6.45) is 0. The number of hydrogen-bond acceptors (Lipinski definition) is 4. The Hall–Kier alpha value is -2.82. The topological polar surface area (TPSA) is 95.4 Å². The van der Waals surface area contributed by atoms with E-state index in [1.54, 1.807) is 42.5 Å². The number of rotatable bonds is 4. The van der Waals surface area contributed by atoms with Crippen LogP contribution in [0.1, 0.15) is 27.6 Å². The molecule has 0 radical (unpaired) electrons. The number of anilines is 1. The second-order valence-corrected chi connectivity index (χ2v) is 4.30. The van der Waals surface area contributed by atoms with Gasteiger partial charge in [-0.1, -0.05) is 0 Å². The normalized spacial score (nSPS) is 10.1. The predicted octanol–water partition coefficient (Wildman–Crippen LogP) is 2.36. The highest BCUT2D eigenvalue weighted by Gasteiger charge is 2.07. The maximum atomic E-state index is 11.3. The van der Waals surface area contributed by atoms with Crippen molar-refractivity contribution in [1.82, 2.24) is 0 Å². The summed E-state index contributed by atoms with van der Waals surface area (Å²) >= 11 is 0. The Morgan fingerprint density at radius 3 is 2.10 bits per heavy atom. The third-order valence-corrected chi connectivity index (χ3v) is 2.78.